The minimum Gasteiger partial charge on any atom is -0.369 e. The highest BCUT2D eigenvalue weighted by atomic mass is 19.1. The van der Waals surface area contributed by atoms with Crippen LogP contribution in [0.5, 0.6) is 0 Å². The molecule has 3 aromatic heterocycles. The van der Waals surface area contributed by atoms with Crippen LogP contribution in [0.25, 0.3) is 16.9 Å². The van der Waals surface area contributed by atoms with E-state index < -0.39 is 11.7 Å². The molecule has 1 saturated heterocycles. The van der Waals surface area contributed by atoms with Crippen molar-refractivity contribution in [3.63, 3.8) is 0 Å². The molecule has 0 bridgehead atoms. The zero-order valence-electron chi connectivity index (χ0n) is 20.8. The van der Waals surface area contributed by atoms with Gasteiger partial charge in [0, 0.05) is 30.4 Å². The number of hydrogen-bond acceptors (Lipinski definition) is 7. The molecule has 0 spiro atoms. The van der Waals surface area contributed by atoms with Crippen molar-refractivity contribution in [2.45, 2.75) is 25.7 Å². The molecule has 0 saturated carbocycles. The van der Waals surface area contributed by atoms with Crippen molar-refractivity contribution >= 4 is 23.2 Å². The number of nitrogens with zero attached hydrogens (tertiary/aromatic N) is 6. The number of pyridine rings is 1. The zero-order valence-corrected chi connectivity index (χ0v) is 20.8. The first-order chi connectivity index (χ1) is 18.5. The third-order valence-electron chi connectivity index (χ3n) is 6.58. The molecule has 5 rings (SSSR count). The Kier molecular flexibility index (Phi) is 6.98. The number of imidazole rings is 1. The van der Waals surface area contributed by atoms with Crippen LogP contribution < -0.4 is 11.1 Å². The fourth-order valence-electron chi connectivity index (χ4n) is 4.77. The van der Waals surface area contributed by atoms with Gasteiger partial charge >= 0.3 is 0 Å². The monoisotopic (exact) mass is 508 g/mol. The van der Waals surface area contributed by atoms with Crippen LogP contribution in [0.15, 0.2) is 48.8 Å². The summed E-state index contributed by atoms with van der Waals surface area (Å²) >= 11 is 0. The first-order valence-electron chi connectivity index (χ1n) is 12.2. The summed E-state index contributed by atoms with van der Waals surface area (Å²) in [5.41, 5.74) is 8.51. The molecule has 1 atom stereocenters. The van der Waals surface area contributed by atoms with Gasteiger partial charge in [0.05, 0.1) is 35.0 Å². The Labute approximate surface area is 219 Å². The molecule has 190 valence electrons. The van der Waals surface area contributed by atoms with Crippen molar-refractivity contribution in [2.75, 3.05) is 30.7 Å². The van der Waals surface area contributed by atoms with Crippen molar-refractivity contribution in [3.05, 3.63) is 71.4 Å². The number of fused-ring (bicyclic) bond motifs is 1. The Balaban J connectivity index is 1.48. The van der Waals surface area contributed by atoms with Gasteiger partial charge in [0.2, 0.25) is 5.95 Å². The van der Waals surface area contributed by atoms with Crippen LogP contribution in [0, 0.1) is 29.0 Å². The lowest BCUT2D eigenvalue weighted by atomic mass is 9.94. The Bertz CT molecular complexity index is 1630. The van der Waals surface area contributed by atoms with E-state index in [0.717, 1.165) is 43.2 Å². The van der Waals surface area contributed by atoms with Gasteiger partial charge in [0.15, 0.2) is 5.82 Å². The Morgan fingerprint density at radius 1 is 1.24 bits per heavy atom. The van der Waals surface area contributed by atoms with Crippen LogP contribution in [-0.2, 0) is 0 Å². The van der Waals surface area contributed by atoms with Crippen LogP contribution >= 0.6 is 0 Å². The topological polar surface area (TPSA) is 125 Å². The van der Waals surface area contributed by atoms with E-state index in [0.29, 0.717) is 17.9 Å². The number of nitrogens with two attached hydrogens (primary N) is 1. The highest BCUT2D eigenvalue weighted by Crippen LogP contribution is 2.34. The number of carbonyl (C=O) groups is 1. The van der Waals surface area contributed by atoms with E-state index in [1.165, 1.54) is 30.5 Å². The largest absolute Gasteiger partial charge is 0.369 e. The molecule has 0 radical (unpaired) electrons. The molecule has 1 aliphatic rings. The summed E-state index contributed by atoms with van der Waals surface area (Å²) in [7, 11) is 0. The summed E-state index contributed by atoms with van der Waals surface area (Å²) in [6.07, 6.45) is 5.00. The summed E-state index contributed by atoms with van der Waals surface area (Å²) in [4.78, 5) is 28.1. The van der Waals surface area contributed by atoms with E-state index in [1.54, 1.807) is 10.6 Å². The Morgan fingerprint density at radius 3 is 2.87 bits per heavy atom. The van der Waals surface area contributed by atoms with Crippen molar-refractivity contribution < 1.29 is 9.18 Å². The van der Waals surface area contributed by atoms with Crippen LogP contribution in [-0.4, -0.2) is 49.8 Å². The molecule has 1 unspecified atom stereocenters. The van der Waals surface area contributed by atoms with E-state index in [4.69, 9.17) is 16.0 Å². The molecular formula is C28H25FN8O. The van der Waals surface area contributed by atoms with E-state index in [2.05, 4.69) is 32.0 Å². The van der Waals surface area contributed by atoms with E-state index in [1.807, 2.05) is 19.1 Å². The van der Waals surface area contributed by atoms with E-state index >= 15 is 4.39 Å². The number of rotatable bonds is 5. The number of aromatic nitrogens is 4. The number of carbonyl (C=O) groups excluding carboxylic acids is 1. The number of hydrogen-bond donors (Lipinski definition) is 2. The van der Waals surface area contributed by atoms with Gasteiger partial charge in [-0.2, -0.15) is 5.26 Å². The lowest BCUT2D eigenvalue weighted by Gasteiger charge is -2.30. The van der Waals surface area contributed by atoms with Gasteiger partial charge in [-0.15, -0.1) is 5.92 Å². The van der Waals surface area contributed by atoms with Gasteiger partial charge in [-0.1, -0.05) is 5.92 Å². The van der Waals surface area contributed by atoms with Gasteiger partial charge in [-0.3, -0.25) is 14.1 Å². The summed E-state index contributed by atoms with van der Waals surface area (Å²) in [6, 6.07) is 11.0. The highest BCUT2D eigenvalue weighted by molar-refractivity contribution is 6.04. The molecular weight excluding hydrogens is 483 g/mol. The molecule has 10 heteroatoms. The highest BCUT2D eigenvalue weighted by Gasteiger charge is 2.27. The maximum absolute atomic E-state index is 15.5. The predicted molar refractivity (Wildman–Crippen MR) is 142 cm³/mol. The van der Waals surface area contributed by atoms with Crippen LogP contribution in [0.4, 0.5) is 16.2 Å². The zero-order chi connectivity index (χ0) is 26.6. The average molecular weight is 509 g/mol. The van der Waals surface area contributed by atoms with Gasteiger partial charge in [-0.25, -0.2) is 19.3 Å². The molecule has 3 N–H and O–H groups in total. The van der Waals surface area contributed by atoms with E-state index in [9.17, 15) is 4.79 Å². The fourth-order valence-corrected chi connectivity index (χ4v) is 4.77. The number of likely N-dealkylation sites (tertiary alicyclic amines) is 1. The normalized spacial score (nSPS) is 15.4. The predicted octanol–water partition coefficient (Wildman–Crippen LogP) is 3.84. The number of nitrogen functional groups attached to an aromatic ring is 1. The molecule has 4 aromatic rings. The molecule has 1 aliphatic heterocycles. The third kappa shape index (κ3) is 4.90. The summed E-state index contributed by atoms with van der Waals surface area (Å²) in [5.74, 6) is 5.77. The second-order valence-electron chi connectivity index (χ2n) is 9.04. The van der Waals surface area contributed by atoms with E-state index in [-0.39, 0.29) is 28.8 Å². The van der Waals surface area contributed by atoms with Crippen molar-refractivity contribution in [3.8, 4) is 29.3 Å². The minimum absolute atomic E-state index is 0.0996. The number of benzene rings is 1. The van der Waals surface area contributed by atoms with Gasteiger partial charge < -0.3 is 11.1 Å². The summed E-state index contributed by atoms with van der Waals surface area (Å²) in [6.45, 7) is 4.30. The number of nitriles is 1. The van der Waals surface area contributed by atoms with Gasteiger partial charge in [-0.05, 0) is 62.7 Å². The number of piperidine rings is 1. The molecule has 1 aromatic carbocycles. The smallest absolute Gasteiger partial charge is 0.256 e. The maximum Gasteiger partial charge on any atom is 0.256 e. The van der Waals surface area contributed by atoms with Crippen LogP contribution in [0.3, 0.4) is 0 Å². The number of anilines is 2. The minimum atomic E-state index is -0.624. The summed E-state index contributed by atoms with van der Waals surface area (Å²) in [5, 5.41) is 11.6. The molecule has 4 heterocycles. The first kappa shape index (κ1) is 24.9. The molecule has 9 nitrogen and oxygen atoms in total. The SMILES string of the molecule is CC#CCN1CCCC(c2nc(-c3ccc(C(=O)Nc4cc(C#N)ccn4)cc3F)n3c(N)nccc23)C1. The summed E-state index contributed by atoms with van der Waals surface area (Å²) < 4.78 is 17.2. The number of halogens is 1. The van der Waals surface area contributed by atoms with Crippen LogP contribution in [0.2, 0.25) is 0 Å². The van der Waals surface area contributed by atoms with Crippen molar-refractivity contribution in [1.29, 1.82) is 5.26 Å². The lowest BCUT2D eigenvalue weighted by molar-refractivity contribution is 0.102. The second kappa shape index (κ2) is 10.7. The lowest BCUT2D eigenvalue weighted by Crippen LogP contribution is -2.34. The third-order valence-corrected chi connectivity index (χ3v) is 6.58. The molecule has 1 amide bonds. The fraction of sp³-hybridized carbons (Fsp3) is 0.250. The Morgan fingerprint density at radius 2 is 2.08 bits per heavy atom. The first-order valence-corrected chi connectivity index (χ1v) is 12.2. The second-order valence-corrected chi connectivity index (χ2v) is 9.04. The molecule has 1 fully saturated rings. The van der Waals surface area contributed by atoms with Gasteiger partial charge in [0.25, 0.3) is 5.91 Å². The van der Waals surface area contributed by atoms with Crippen molar-refractivity contribution in [2.24, 2.45) is 0 Å². The quantitative estimate of drug-likeness (QED) is 0.392. The average Bonchev–Trinajstić information content (AvgIpc) is 3.33. The molecule has 0 aliphatic carbocycles. The van der Waals surface area contributed by atoms with Crippen LogP contribution in [0.1, 0.15) is 47.3 Å². The molecule has 38 heavy (non-hydrogen) atoms. The maximum atomic E-state index is 15.5. The standard InChI is InChI=1S/C28H25FN8O/c1-2-3-12-36-13-4-5-20(17-36)25-23-9-11-33-28(31)37(23)26(35-25)21-7-6-19(15-22(21)29)27(38)34-24-14-18(16-30)8-10-32-24/h6-11,14-15,20H,4-5,12-13,17H2,1H3,(H2,31,33)(H,32,34,38). The number of nitrogens with one attached hydrogen (secondary N) is 1. The number of amides is 1. The van der Waals surface area contributed by atoms with Crippen molar-refractivity contribution in [1.82, 2.24) is 24.3 Å². The Hall–Kier alpha value is -4.80. The van der Waals surface area contributed by atoms with Gasteiger partial charge in [0.1, 0.15) is 11.6 Å².